The van der Waals surface area contributed by atoms with Gasteiger partial charge in [-0.05, 0) is 43.5 Å². The summed E-state index contributed by atoms with van der Waals surface area (Å²) in [5.41, 5.74) is 0. The van der Waals surface area contributed by atoms with Crippen LogP contribution < -0.4 is 5.32 Å². The molecule has 26 heavy (non-hydrogen) atoms. The third-order valence-electron chi connectivity index (χ3n) is 4.48. The van der Waals surface area contributed by atoms with E-state index in [-0.39, 0.29) is 29.9 Å². The number of carbonyl (C=O) groups excluding carboxylic acids is 1. The topological polar surface area (TPSA) is 85.6 Å². The van der Waals surface area contributed by atoms with Crippen molar-refractivity contribution in [3.63, 3.8) is 0 Å². The Labute approximate surface area is 153 Å². The van der Waals surface area contributed by atoms with E-state index >= 15 is 0 Å². The van der Waals surface area contributed by atoms with Gasteiger partial charge in [0.15, 0.2) is 9.84 Å². The number of nitrogens with one attached hydrogen (secondary N) is 1. The van der Waals surface area contributed by atoms with Gasteiger partial charge in [0.25, 0.3) is 0 Å². The second-order valence-electron chi connectivity index (χ2n) is 6.36. The number of hydrogen-bond acceptors (Lipinski definition) is 5. The predicted octanol–water partition coefficient (Wildman–Crippen LogP) is 2.87. The number of benzene rings is 1. The molecule has 1 aliphatic rings. The number of amides is 1. The quantitative estimate of drug-likeness (QED) is 0.802. The minimum Gasteiger partial charge on any atom is -0.468 e. The first-order valence-corrected chi connectivity index (χ1v) is 10.3. The molecule has 6 nitrogen and oxygen atoms in total. The largest absolute Gasteiger partial charge is 0.468 e. The fraction of sp³-hybridized carbons (Fsp3) is 0.421. The number of rotatable bonds is 7. The zero-order chi connectivity index (χ0) is 18.4. The SMILES string of the molecule is O=C(CC1CCCCO1)NCC(c1ccco1)S(=O)(=O)c1ccccc1. The van der Waals surface area contributed by atoms with Gasteiger partial charge in [0.1, 0.15) is 11.0 Å². The molecule has 2 atom stereocenters. The van der Waals surface area contributed by atoms with Crippen LogP contribution in [0.25, 0.3) is 0 Å². The van der Waals surface area contributed by atoms with E-state index in [0.717, 1.165) is 19.3 Å². The smallest absolute Gasteiger partial charge is 0.222 e. The second kappa shape index (κ2) is 8.51. The van der Waals surface area contributed by atoms with E-state index in [4.69, 9.17) is 9.15 Å². The summed E-state index contributed by atoms with van der Waals surface area (Å²) in [7, 11) is -3.69. The minimum absolute atomic E-state index is 0.0453. The predicted molar refractivity (Wildman–Crippen MR) is 96.3 cm³/mol. The van der Waals surface area contributed by atoms with E-state index in [1.165, 1.54) is 6.26 Å². The van der Waals surface area contributed by atoms with Gasteiger partial charge < -0.3 is 14.5 Å². The minimum atomic E-state index is -3.69. The molecule has 1 aliphatic heterocycles. The van der Waals surface area contributed by atoms with Crippen molar-refractivity contribution < 1.29 is 22.4 Å². The summed E-state index contributed by atoms with van der Waals surface area (Å²) in [5.74, 6) is 0.0970. The first kappa shape index (κ1) is 18.7. The molecule has 0 radical (unpaired) electrons. The van der Waals surface area contributed by atoms with E-state index in [1.807, 2.05) is 0 Å². The van der Waals surface area contributed by atoms with Gasteiger partial charge in [-0.1, -0.05) is 18.2 Å². The van der Waals surface area contributed by atoms with Gasteiger partial charge in [0.2, 0.25) is 5.91 Å². The number of sulfone groups is 1. The summed E-state index contributed by atoms with van der Waals surface area (Å²) in [6.45, 7) is 0.631. The molecule has 1 saturated heterocycles. The van der Waals surface area contributed by atoms with E-state index in [9.17, 15) is 13.2 Å². The molecular formula is C19H23NO5S. The third-order valence-corrected chi connectivity index (χ3v) is 6.56. The number of carbonyl (C=O) groups is 1. The lowest BCUT2D eigenvalue weighted by atomic mass is 10.1. The van der Waals surface area contributed by atoms with Gasteiger partial charge >= 0.3 is 0 Å². The number of hydrogen-bond donors (Lipinski definition) is 1. The van der Waals surface area contributed by atoms with Crippen LogP contribution in [0, 0.1) is 0 Å². The van der Waals surface area contributed by atoms with Crippen molar-refractivity contribution in [3.05, 3.63) is 54.5 Å². The Balaban J connectivity index is 1.70. The zero-order valence-electron chi connectivity index (χ0n) is 14.5. The van der Waals surface area contributed by atoms with Crippen LogP contribution in [0.1, 0.15) is 36.7 Å². The first-order chi connectivity index (χ1) is 12.6. The molecule has 1 aromatic heterocycles. The molecule has 1 amide bonds. The lowest BCUT2D eigenvalue weighted by Crippen LogP contribution is -2.34. The molecule has 0 spiro atoms. The average molecular weight is 377 g/mol. The monoisotopic (exact) mass is 377 g/mol. The van der Waals surface area contributed by atoms with E-state index in [1.54, 1.807) is 42.5 Å². The molecule has 0 aliphatic carbocycles. The Bertz CT molecular complexity index is 796. The lowest BCUT2D eigenvalue weighted by molar-refractivity contribution is -0.124. The van der Waals surface area contributed by atoms with Crippen LogP contribution in [0.2, 0.25) is 0 Å². The van der Waals surface area contributed by atoms with Crippen molar-refractivity contribution in [1.82, 2.24) is 5.32 Å². The molecule has 3 rings (SSSR count). The highest BCUT2D eigenvalue weighted by molar-refractivity contribution is 7.91. The van der Waals surface area contributed by atoms with E-state index in [2.05, 4.69) is 5.32 Å². The zero-order valence-corrected chi connectivity index (χ0v) is 15.3. The normalized spacial score (nSPS) is 19.0. The van der Waals surface area contributed by atoms with Crippen LogP contribution in [0.3, 0.4) is 0 Å². The van der Waals surface area contributed by atoms with Gasteiger partial charge in [0.05, 0.1) is 23.7 Å². The Morgan fingerprint density at radius 3 is 2.62 bits per heavy atom. The summed E-state index contributed by atoms with van der Waals surface area (Å²) < 4.78 is 36.9. The van der Waals surface area contributed by atoms with Crippen LogP contribution in [0.5, 0.6) is 0 Å². The Morgan fingerprint density at radius 2 is 1.96 bits per heavy atom. The van der Waals surface area contributed by atoms with Crippen molar-refractivity contribution in [1.29, 1.82) is 0 Å². The number of ether oxygens (including phenoxy) is 1. The van der Waals surface area contributed by atoms with Gasteiger partial charge in [-0.3, -0.25) is 4.79 Å². The molecule has 140 valence electrons. The van der Waals surface area contributed by atoms with E-state index in [0.29, 0.717) is 12.4 Å². The highest BCUT2D eigenvalue weighted by atomic mass is 32.2. The lowest BCUT2D eigenvalue weighted by Gasteiger charge is -2.22. The molecule has 1 aromatic carbocycles. The van der Waals surface area contributed by atoms with Crippen molar-refractivity contribution in [2.75, 3.05) is 13.2 Å². The maximum absolute atomic E-state index is 13.0. The van der Waals surface area contributed by atoms with Gasteiger partial charge in [-0.15, -0.1) is 0 Å². The Morgan fingerprint density at radius 1 is 1.15 bits per heavy atom. The van der Waals surface area contributed by atoms with E-state index < -0.39 is 15.1 Å². The highest BCUT2D eigenvalue weighted by Gasteiger charge is 2.32. The molecule has 0 saturated carbocycles. The fourth-order valence-corrected chi connectivity index (χ4v) is 4.67. The van der Waals surface area contributed by atoms with Crippen molar-refractivity contribution in [2.24, 2.45) is 0 Å². The molecule has 1 fully saturated rings. The molecule has 7 heteroatoms. The molecule has 2 unspecified atom stereocenters. The van der Waals surface area contributed by atoms with Crippen LogP contribution in [0.15, 0.2) is 58.0 Å². The van der Waals surface area contributed by atoms with Gasteiger partial charge in [-0.25, -0.2) is 8.42 Å². The van der Waals surface area contributed by atoms with Crippen molar-refractivity contribution in [2.45, 2.75) is 41.9 Å². The van der Waals surface area contributed by atoms with Gasteiger partial charge in [0, 0.05) is 13.2 Å². The second-order valence-corrected chi connectivity index (χ2v) is 8.49. The summed E-state index contributed by atoms with van der Waals surface area (Å²) >= 11 is 0. The molecule has 0 bridgehead atoms. The summed E-state index contributed by atoms with van der Waals surface area (Å²) in [5, 5.41) is 1.76. The first-order valence-electron chi connectivity index (χ1n) is 8.78. The standard InChI is InChI=1S/C19H23NO5S/c21-19(13-15-7-4-5-11-24-15)20-14-18(17-10-6-12-25-17)26(22,23)16-8-2-1-3-9-16/h1-3,6,8-10,12,15,18H,4-5,7,11,13-14H2,(H,20,21). The Hall–Kier alpha value is -2.12. The Kier molecular flexibility index (Phi) is 6.11. The molecule has 2 heterocycles. The van der Waals surface area contributed by atoms with Gasteiger partial charge in [-0.2, -0.15) is 0 Å². The summed E-state index contributed by atoms with van der Waals surface area (Å²) in [4.78, 5) is 12.4. The average Bonchev–Trinajstić information content (AvgIpc) is 3.17. The summed E-state index contributed by atoms with van der Waals surface area (Å²) in [6.07, 6.45) is 4.52. The third kappa shape index (κ3) is 4.53. The molecular weight excluding hydrogens is 354 g/mol. The maximum Gasteiger partial charge on any atom is 0.222 e. The highest BCUT2D eigenvalue weighted by Crippen LogP contribution is 2.28. The number of furan rings is 1. The van der Waals surface area contributed by atoms with Crippen LogP contribution in [0.4, 0.5) is 0 Å². The van der Waals surface area contributed by atoms with Crippen molar-refractivity contribution >= 4 is 15.7 Å². The van der Waals surface area contributed by atoms with Crippen LogP contribution >= 0.6 is 0 Å². The summed E-state index contributed by atoms with van der Waals surface area (Å²) in [6, 6.07) is 11.4. The maximum atomic E-state index is 13.0. The fourth-order valence-electron chi connectivity index (χ4n) is 3.07. The van der Waals surface area contributed by atoms with Crippen LogP contribution in [-0.2, 0) is 19.4 Å². The van der Waals surface area contributed by atoms with Crippen molar-refractivity contribution in [3.8, 4) is 0 Å². The molecule has 2 aromatic rings. The van der Waals surface area contributed by atoms with Crippen LogP contribution in [-0.4, -0.2) is 33.6 Å². The molecule has 1 N–H and O–H groups in total.